The molecule has 1 aliphatic rings. The maximum absolute atomic E-state index is 12.8. The number of aliphatic imine (C=N–C) groups is 1. The lowest BCUT2D eigenvalue weighted by Gasteiger charge is -2.34. The van der Waals surface area contributed by atoms with E-state index in [4.69, 9.17) is 10.5 Å². The van der Waals surface area contributed by atoms with E-state index in [0.29, 0.717) is 25.5 Å². The maximum atomic E-state index is 12.8. The lowest BCUT2D eigenvalue weighted by molar-refractivity contribution is -0.137. The lowest BCUT2D eigenvalue weighted by Crippen LogP contribution is -2.47. The number of alkyl halides is 3. The number of aliphatic hydroxyl groups excluding tert-OH is 1. The average Bonchev–Trinajstić information content (AvgIpc) is 2.69. The quantitative estimate of drug-likeness (QED) is 0.433. The molecule has 7 nitrogen and oxygen atoms in total. The van der Waals surface area contributed by atoms with Gasteiger partial charge in [-0.15, -0.1) is 0 Å². The minimum Gasteiger partial charge on any atom is -0.491 e. The Balaban J connectivity index is 1.92. The van der Waals surface area contributed by atoms with Gasteiger partial charge in [0.05, 0.1) is 12.1 Å². The number of hydrogen-bond acceptors (Lipinski definition) is 4. The average molecular weight is 430 g/mol. The summed E-state index contributed by atoms with van der Waals surface area (Å²) >= 11 is 0. The van der Waals surface area contributed by atoms with Crippen molar-refractivity contribution in [1.82, 2.24) is 10.2 Å². The summed E-state index contributed by atoms with van der Waals surface area (Å²) in [6.07, 6.45) is -3.29. The molecule has 30 heavy (non-hydrogen) atoms. The lowest BCUT2D eigenvalue weighted by atomic mass is 9.95. The van der Waals surface area contributed by atoms with Gasteiger partial charge in [0, 0.05) is 26.1 Å². The molecule has 0 saturated carbocycles. The molecule has 0 bridgehead atoms. The van der Waals surface area contributed by atoms with E-state index < -0.39 is 17.8 Å². The molecule has 1 aliphatic heterocycles. The number of nitrogens with one attached hydrogen (secondary N) is 1. The number of piperidine rings is 1. The summed E-state index contributed by atoms with van der Waals surface area (Å²) in [5.74, 6) is 0.482. The number of guanidine groups is 1. The summed E-state index contributed by atoms with van der Waals surface area (Å²) in [5, 5.41) is 13.3. The Hall–Kier alpha value is -2.49. The molecule has 1 fully saturated rings. The van der Waals surface area contributed by atoms with Crippen molar-refractivity contribution in [3.63, 3.8) is 0 Å². The molecular formula is C20H29F3N4O3. The molecule has 2 unspecified atom stereocenters. The number of hydrogen-bond donors (Lipinski definition) is 3. The molecule has 2 atom stereocenters. The normalized spacial score (nSPS) is 18.8. The van der Waals surface area contributed by atoms with E-state index in [1.165, 1.54) is 12.1 Å². The number of likely N-dealkylation sites (tertiary alicyclic amines) is 1. The van der Waals surface area contributed by atoms with E-state index >= 15 is 0 Å². The number of amides is 1. The molecular weight excluding hydrogens is 401 g/mol. The largest absolute Gasteiger partial charge is 0.491 e. The Labute approximate surface area is 174 Å². The number of benzene rings is 1. The van der Waals surface area contributed by atoms with Crippen LogP contribution in [0.1, 0.15) is 31.7 Å². The first-order chi connectivity index (χ1) is 14.2. The molecule has 1 heterocycles. The zero-order chi connectivity index (χ0) is 22.1. The number of carbonyl (C=O) groups is 1. The van der Waals surface area contributed by atoms with Gasteiger partial charge in [-0.2, -0.15) is 13.2 Å². The summed E-state index contributed by atoms with van der Waals surface area (Å²) in [6, 6.07) is 4.51. The Morgan fingerprint density at radius 1 is 1.47 bits per heavy atom. The van der Waals surface area contributed by atoms with Crippen LogP contribution in [0.3, 0.4) is 0 Å². The molecule has 1 aromatic carbocycles. The predicted molar refractivity (Wildman–Crippen MR) is 107 cm³/mol. The second-order valence-electron chi connectivity index (χ2n) is 7.31. The minimum absolute atomic E-state index is 0.0261. The fourth-order valence-electron chi connectivity index (χ4n) is 3.33. The van der Waals surface area contributed by atoms with Crippen LogP contribution < -0.4 is 15.8 Å². The Bertz CT molecular complexity index is 727. The van der Waals surface area contributed by atoms with Crippen molar-refractivity contribution in [2.75, 3.05) is 32.8 Å². The minimum atomic E-state index is -4.45. The summed E-state index contributed by atoms with van der Waals surface area (Å²) in [6.45, 7) is 3.82. The van der Waals surface area contributed by atoms with Crippen LogP contribution in [-0.4, -0.2) is 60.8 Å². The molecule has 0 radical (unpaired) electrons. The third-order valence-electron chi connectivity index (χ3n) is 4.70. The Kier molecular flexibility index (Phi) is 8.76. The van der Waals surface area contributed by atoms with Crippen LogP contribution in [0.15, 0.2) is 29.3 Å². The molecule has 0 spiro atoms. The molecule has 168 valence electrons. The van der Waals surface area contributed by atoms with Gasteiger partial charge >= 0.3 is 6.18 Å². The van der Waals surface area contributed by atoms with Crippen LogP contribution in [0.2, 0.25) is 0 Å². The van der Waals surface area contributed by atoms with E-state index in [1.807, 2.05) is 11.8 Å². The first-order valence-corrected chi connectivity index (χ1v) is 9.98. The Morgan fingerprint density at radius 3 is 2.90 bits per heavy atom. The van der Waals surface area contributed by atoms with Crippen molar-refractivity contribution in [1.29, 1.82) is 0 Å². The van der Waals surface area contributed by atoms with Crippen LogP contribution in [0.25, 0.3) is 0 Å². The predicted octanol–water partition coefficient (Wildman–Crippen LogP) is 2.00. The standard InChI is InChI=1S/C20H29F3N4O3/c1-2-25-19(27-8-4-5-14(12-27)9-18(24)29)26-11-16(28)13-30-17-7-3-6-15(10-17)20(21,22)23/h3,6-7,10,14,16,28H,2,4-5,8-9,11-13H2,1H3,(H2,24,29)(H,25,26). The monoisotopic (exact) mass is 430 g/mol. The third kappa shape index (κ3) is 7.74. The zero-order valence-electron chi connectivity index (χ0n) is 17.0. The van der Waals surface area contributed by atoms with Gasteiger partial charge < -0.3 is 25.8 Å². The third-order valence-corrected chi connectivity index (χ3v) is 4.70. The van der Waals surface area contributed by atoms with E-state index in [0.717, 1.165) is 31.5 Å². The molecule has 0 aromatic heterocycles. The highest BCUT2D eigenvalue weighted by Crippen LogP contribution is 2.31. The van der Waals surface area contributed by atoms with Crippen LogP contribution >= 0.6 is 0 Å². The summed E-state index contributed by atoms with van der Waals surface area (Å²) in [5.41, 5.74) is 4.50. The van der Waals surface area contributed by atoms with Gasteiger partial charge in [0.2, 0.25) is 5.91 Å². The second kappa shape index (κ2) is 11.1. The van der Waals surface area contributed by atoms with E-state index in [2.05, 4.69) is 10.3 Å². The summed E-state index contributed by atoms with van der Waals surface area (Å²) in [7, 11) is 0. The van der Waals surface area contributed by atoms with Crippen molar-refractivity contribution in [2.24, 2.45) is 16.6 Å². The molecule has 2 rings (SSSR count). The van der Waals surface area contributed by atoms with Crippen LogP contribution in [-0.2, 0) is 11.0 Å². The maximum Gasteiger partial charge on any atom is 0.416 e. The van der Waals surface area contributed by atoms with Crippen molar-refractivity contribution in [3.8, 4) is 5.75 Å². The van der Waals surface area contributed by atoms with E-state index in [9.17, 15) is 23.1 Å². The Morgan fingerprint density at radius 2 is 2.23 bits per heavy atom. The topological polar surface area (TPSA) is 100 Å². The highest BCUT2D eigenvalue weighted by atomic mass is 19.4. The van der Waals surface area contributed by atoms with Gasteiger partial charge in [0.1, 0.15) is 18.5 Å². The number of rotatable bonds is 8. The first-order valence-electron chi connectivity index (χ1n) is 9.98. The van der Waals surface area contributed by atoms with E-state index in [-0.39, 0.29) is 30.7 Å². The molecule has 10 heteroatoms. The fourth-order valence-corrected chi connectivity index (χ4v) is 3.33. The highest BCUT2D eigenvalue weighted by Gasteiger charge is 2.30. The van der Waals surface area contributed by atoms with Crippen molar-refractivity contribution < 1.29 is 27.8 Å². The van der Waals surface area contributed by atoms with Crippen molar-refractivity contribution >= 4 is 11.9 Å². The number of carbonyl (C=O) groups excluding carboxylic acids is 1. The van der Waals surface area contributed by atoms with Crippen LogP contribution in [0, 0.1) is 5.92 Å². The molecule has 0 aliphatic carbocycles. The first kappa shape index (κ1) is 23.8. The summed E-state index contributed by atoms with van der Waals surface area (Å²) < 4.78 is 43.6. The molecule has 4 N–H and O–H groups in total. The van der Waals surface area contributed by atoms with Gasteiger partial charge in [-0.3, -0.25) is 9.79 Å². The van der Waals surface area contributed by atoms with Gasteiger partial charge in [-0.05, 0) is 43.9 Å². The zero-order valence-corrected chi connectivity index (χ0v) is 17.0. The van der Waals surface area contributed by atoms with Gasteiger partial charge in [0.25, 0.3) is 0 Å². The number of primary amides is 1. The number of halogens is 3. The number of aliphatic hydroxyl groups is 1. The van der Waals surface area contributed by atoms with Gasteiger partial charge in [-0.25, -0.2) is 0 Å². The molecule has 1 aromatic rings. The molecule has 1 saturated heterocycles. The van der Waals surface area contributed by atoms with Crippen LogP contribution in [0.5, 0.6) is 5.75 Å². The van der Waals surface area contributed by atoms with Crippen molar-refractivity contribution in [2.45, 2.75) is 38.5 Å². The van der Waals surface area contributed by atoms with Gasteiger partial charge in [0.15, 0.2) is 5.96 Å². The highest BCUT2D eigenvalue weighted by molar-refractivity contribution is 5.80. The number of nitrogens with zero attached hydrogens (tertiary/aromatic N) is 2. The second-order valence-corrected chi connectivity index (χ2v) is 7.31. The number of nitrogens with two attached hydrogens (primary N) is 1. The number of ether oxygens (including phenoxy) is 1. The fraction of sp³-hybridized carbons (Fsp3) is 0.600. The smallest absolute Gasteiger partial charge is 0.416 e. The van der Waals surface area contributed by atoms with E-state index in [1.54, 1.807) is 0 Å². The van der Waals surface area contributed by atoms with Crippen molar-refractivity contribution in [3.05, 3.63) is 29.8 Å². The van der Waals surface area contributed by atoms with Gasteiger partial charge in [-0.1, -0.05) is 6.07 Å². The SMILES string of the molecule is CCNC(=NCC(O)COc1cccc(C(F)(F)F)c1)N1CCCC(CC(N)=O)C1. The summed E-state index contributed by atoms with van der Waals surface area (Å²) in [4.78, 5) is 17.7. The van der Waals surface area contributed by atoms with Crippen LogP contribution in [0.4, 0.5) is 13.2 Å². The molecule has 1 amide bonds.